The summed E-state index contributed by atoms with van der Waals surface area (Å²) < 4.78 is 0. The second-order valence-corrected chi connectivity index (χ2v) is 4.94. The number of hydrogen-bond donors (Lipinski definition) is 2. The van der Waals surface area contributed by atoms with Gasteiger partial charge < -0.3 is 10.8 Å². The quantitative estimate of drug-likeness (QED) is 0.864. The van der Waals surface area contributed by atoms with Crippen molar-refractivity contribution in [1.29, 1.82) is 0 Å². The van der Waals surface area contributed by atoms with Crippen LogP contribution in [-0.2, 0) is 10.3 Å². The second-order valence-electron chi connectivity index (χ2n) is 4.94. The Kier molecular flexibility index (Phi) is 3.86. The van der Waals surface area contributed by atoms with Crippen LogP contribution < -0.4 is 5.73 Å². The summed E-state index contributed by atoms with van der Waals surface area (Å²) in [6, 6.07) is 13.5. The molecule has 0 fully saturated rings. The zero-order valence-electron chi connectivity index (χ0n) is 11.1. The molecule has 3 N–H and O–H groups in total. The van der Waals surface area contributed by atoms with Crippen LogP contribution in [0.2, 0.25) is 0 Å². The fourth-order valence-electron chi connectivity index (χ4n) is 2.30. The number of carboxylic acids is 1. The van der Waals surface area contributed by atoms with Crippen LogP contribution in [0.15, 0.2) is 42.5 Å². The van der Waals surface area contributed by atoms with Crippen molar-refractivity contribution in [3.8, 4) is 0 Å². The molecule has 0 amide bonds. The van der Waals surface area contributed by atoms with E-state index in [9.17, 15) is 9.90 Å². The SMILES string of the molecule is CCCCC(N)(C(=O)O)c1ccc2ccccc2c1. The molecule has 2 aromatic carbocycles. The van der Waals surface area contributed by atoms with Gasteiger partial charge in [0.15, 0.2) is 0 Å². The molecule has 3 heteroatoms. The van der Waals surface area contributed by atoms with Crippen molar-refractivity contribution in [3.05, 3.63) is 48.0 Å². The van der Waals surface area contributed by atoms with Gasteiger partial charge in [-0.2, -0.15) is 0 Å². The monoisotopic (exact) mass is 257 g/mol. The average Bonchev–Trinajstić information content (AvgIpc) is 2.44. The van der Waals surface area contributed by atoms with E-state index in [1.807, 2.05) is 49.4 Å². The Morgan fingerprint density at radius 2 is 1.89 bits per heavy atom. The van der Waals surface area contributed by atoms with Gasteiger partial charge in [-0.15, -0.1) is 0 Å². The highest BCUT2D eigenvalue weighted by molar-refractivity contribution is 5.87. The largest absolute Gasteiger partial charge is 0.480 e. The van der Waals surface area contributed by atoms with Gasteiger partial charge in [0, 0.05) is 0 Å². The van der Waals surface area contributed by atoms with Gasteiger partial charge in [0.25, 0.3) is 0 Å². The molecule has 100 valence electrons. The first-order valence-electron chi connectivity index (χ1n) is 6.59. The summed E-state index contributed by atoms with van der Waals surface area (Å²) in [5, 5.41) is 11.6. The van der Waals surface area contributed by atoms with Gasteiger partial charge in [-0.05, 0) is 28.8 Å². The van der Waals surface area contributed by atoms with E-state index in [2.05, 4.69) is 0 Å². The Morgan fingerprint density at radius 1 is 1.21 bits per heavy atom. The van der Waals surface area contributed by atoms with Gasteiger partial charge in [0.05, 0.1) is 0 Å². The van der Waals surface area contributed by atoms with E-state index >= 15 is 0 Å². The van der Waals surface area contributed by atoms with E-state index in [1.165, 1.54) is 0 Å². The third kappa shape index (κ3) is 2.61. The van der Waals surface area contributed by atoms with Crippen molar-refractivity contribution in [2.45, 2.75) is 31.7 Å². The van der Waals surface area contributed by atoms with Crippen LogP contribution in [0.3, 0.4) is 0 Å². The first-order chi connectivity index (χ1) is 9.08. The van der Waals surface area contributed by atoms with Crippen molar-refractivity contribution >= 4 is 16.7 Å². The molecule has 1 atom stereocenters. The number of hydrogen-bond acceptors (Lipinski definition) is 2. The molecule has 0 spiro atoms. The second kappa shape index (κ2) is 5.41. The lowest BCUT2D eigenvalue weighted by Crippen LogP contribution is -2.44. The van der Waals surface area contributed by atoms with Crippen molar-refractivity contribution < 1.29 is 9.90 Å². The summed E-state index contributed by atoms with van der Waals surface area (Å²) in [7, 11) is 0. The smallest absolute Gasteiger partial charge is 0.328 e. The number of fused-ring (bicyclic) bond motifs is 1. The molecule has 1 unspecified atom stereocenters. The van der Waals surface area contributed by atoms with E-state index in [0.717, 1.165) is 23.6 Å². The van der Waals surface area contributed by atoms with Crippen LogP contribution in [0.4, 0.5) is 0 Å². The normalized spacial score (nSPS) is 14.2. The van der Waals surface area contributed by atoms with Crippen molar-refractivity contribution in [2.24, 2.45) is 5.73 Å². The zero-order chi connectivity index (χ0) is 13.9. The first-order valence-corrected chi connectivity index (χ1v) is 6.59. The molecule has 0 aromatic heterocycles. The molecular weight excluding hydrogens is 238 g/mol. The van der Waals surface area contributed by atoms with Gasteiger partial charge in [-0.1, -0.05) is 56.2 Å². The first kappa shape index (κ1) is 13.6. The lowest BCUT2D eigenvalue weighted by atomic mass is 9.85. The van der Waals surface area contributed by atoms with Crippen LogP contribution in [0.1, 0.15) is 31.7 Å². The summed E-state index contributed by atoms with van der Waals surface area (Å²) in [6.07, 6.45) is 2.19. The molecular formula is C16H19NO2. The van der Waals surface area contributed by atoms with Crippen LogP contribution in [0, 0.1) is 0 Å². The van der Waals surface area contributed by atoms with Crippen LogP contribution in [-0.4, -0.2) is 11.1 Å². The third-order valence-electron chi connectivity index (χ3n) is 3.57. The van der Waals surface area contributed by atoms with Crippen LogP contribution in [0.5, 0.6) is 0 Å². The molecule has 0 heterocycles. The Hall–Kier alpha value is -1.87. The maximum absolute atomic E-state index is 11.5. The molecule has 0 aliphatic heterocycles. The fourth-order valence-corrected chi connectivity index (χ4v) is 2.30. The van der Waals surface area contributed by atoms with E-state index < -0.39 is 11.5 Å². The lowest BCUT2D eigenvalue weighted by molar-refractivity contribution is -0.144. The number of benzene rings is 2. The molecule has 19 heavy (non-hydrogen) atoms. The number of carbonyl (C=O) groups is 1. The Labute approximate surface area is 113 Å². The van der Waals surface area contributed by atoms with Crippen LogP contribution >= 0.6 is 0 Å². The van der Waals surface area contributed by atoms with Gasteiger partial charge in [0.2, 0.25) is 0 Å². The van der Waals surface area contributed by atoms with E-state index in [4.69, 9.17) is 5.73 Å². The minimum atomic E-state index is -1.29. The number of carboxylic acid groups (broad SMARTS) is 1. The van der Waals surface area contributed by atoms with Crippen molar-refractivity contribution in [3.63, 3.8) is 0 Å². The fraction of sp³-hybridized carbons (Fsp3) is 0.312. The lowest BCUT2D eigenvalue weighted by Gasteiger charge is -2.25. The van der Waals surface area contributed by atoms with Crippen LogP contribution in [0.25, 0.3) is 10.8 Å². The van der Waals surface area contributed by atoms with E-state index in [0.29, 0.717) is 12.0 Å². The van der Waals surface area contributed by atoms with Gasteiger partial charge in [0.1, 0.15) is 5.54 Å². The molecule has 2 aromatic rings. The summed E-state index contributed by atoms with van der Waals surface area (Å²) in [6.45, 7) is 2.03. The Bertz CT molecular complexity index is 594. The predicted octanol–water partition coefficient (Wildman–Crippen LogP) is 3.27. The molecule has 0 aliphatic rings. The Morgan fingerprint density at radius 3 is 2.53 bits per heavy atom. The number of nitrogens with two attached hydrogens (primary N) is 1. The van der Waals surface area contributed by atoms with Crippen molar-refractivity contribution in [2.75, 3.05) is 0 Å². The minimum Gasteiger partial charge on any atom is -0.480 e. The van der Waals surface area contributed by atoms with Crippen molar-refractivity contribution in [1.82, 2.24) is 0 Å². The highest BCUT2D eigenvalue weighted by Gasteiger charge is 2.35. The van der Waals surface area contributed by atoms with Gasteiger partial charge in [-0.25, -0.2) is 4.79 Å². The number of unbranched alkanes of at least 4 members (excludes halogenated alkanes) is 1. The number of aliphatic carboxylic acids is 1. The predicted molar refractivity (Wildman–Crippen MR) is 77.0 cm³/mol. The average molecular weight is 257 g/mol. The van der Waals surface area contributed by atoms with E-state index in [1.54, 1.807) is 0 Å². The zero-order valence-corrected chi connectivity index (χ0v) is 11.1. The summed E-state index contributed by atoms with van der Waals surface area (Å²) >= 11 is 0. The maximum atomic E-state index is 11.5. The summed E-state index contributed by atoms with van der Waals surface area (Å²) in [5.74, 6) is -0.962. The topological polar surface area (TPSA) is 63.3 Å². The molecule has 0 aliphatic carbocycles. The standard InChI is InChI=1S/C16H19NO2/c1-2-3-10-16(17,15(18)19)14-9-8-12-6-4-5-7-13(12)11-14/h4-9,11H,2-3,10,17H2,1H3,(H,18,19). The summed E-state index contributed by atoms with van der Waals surface area (Å²) in [5.41, 5.74) is 5.52. The highest BCUT2D eigenvalue weighted by atomic mass is 16.4. The molecule has 0 bridgehead atoms. The summed E-state index contributed by atoms with van der Waals surface area (Å²) in [4.78, 5) is 11.5. The van der Waals surface area contributed by atoms with E-state index in [-0.39, 0.29) is 0 Å². The minimum absolute atomic E-state index is 0.456. The van der Waals surface area contributed by atoms with Gasteiger partial charge >= 0.3 is 5.97 Å². The maximum Gasteiger partial charge on any atom is 0.328 e. The molecule has 0 saturated carbocycles. The highest BCUT2D eigenvalue weighted by Crippen LogP contribution is 2.28. The Balaban J connectivity index is 2.47. The molecule has 0 radical (unpaired) electrons. The molecule has 0 saturated heterocycles. The molecule has 2 rings (SSSR count). The van der Waals surface area contributed by atoms with Gasteiger partial charge in [-0.3, -0.25) is 0 Å². The number of rotatable bonds is 5. The molecule has 3 nitrogen and oxygen atoms in total. The third-order valence-corrected chi connectivity index (χ3v) is 3.57.